The lowest BCUT2D eigenvalue weighted by Gasteiger charge is -2.38. The number of quaternary nitrogens is 1. The zero-order valence-electron chi connectivity index (χ0n) is 17.4. The maximum Gasteiger partial charge on any atom is 0.0917 e. The van der Waals surface area contributed by atoms with Crippen molar-refractivity contribution < 1.29 is 5.06 Å². The van der Waals surface area contributed by atoms with Crippen LogP contribution in [0.4, 0.5) is 0 Å². The van der Waals surface area contributed by atoms with Gasteiger partial charge in [-0.25, -0.2) is 0 Å². The number of hydrogen-bond donors (Lipinski definition) is 1. The van der Waals surface area contributed by atoms with Gasteiger partial charge in [-0.1, -0.05) is 90.9 Å². The molecule has 1 atom stereocenters. The normalized spacial score (nSPS) is 13.4. The summed E-state index contributed by atoms with van der Waals surface area (Å²) in [4.78, 5) is 0. The summed E-state index contributed by atoms with van der Waals surface area (Å²) in [7, 11) is 0. The van der Waals surface area contributed by atoms with Crippen molar-refractivity contribution in [2.24, 2.45) is 0 Å². The zero-order valence-corrected chi connectivity index (χ0v) is 17.4. The van der Waals surface area contributed by atoms with Crippen molar-refractivity contribution in [3.8, 4) is 0 Å². The fraction of sp³-hybridized carbons (Fsp3) is 1.00. The summed E-state index contributed by atoms with van der Waals surface area (Å²) >= 11 is 0. The molecule has 0 aliphatic heterocycles. The van der Waals surface area contributed by atoms with Crippen LogP contribution in [0.15, 0.2) is 0 Å². The van der Waals surface area contributed by atoms with Crippen LogP contribution in [0.1, 0.15) is 130 Å². The minimum atomic E-state index is -0.0927. The second kappa shape index (κ2) is 16.4. The number of nitrogens with one attached hydrogen (secondary N) is 1. The Labute approximate surface area is 153 Å². The van der Waals surface area contributed by atoms with Gasteiger partial charge < -0.3 is 10.3 Å². The highest BCUT2D eigenvalue weighted by Crippen LogP contribution is 2.14. The van der Waals surface area contributed by atoms with Crippen molar-refractivity contribution >= 4 is 0 Å². The van der Waals surface area contributed by atoms with Gasteiger partial charge in [-0.15, -0.1) is 0 Å². The molecule has 0 radical (unpaired) electrons. The minimum absolute atomic E-state index is 0.0927. The Morgan fingerprint density at radius 1 is 0.583 bits per heavy atom. The third-order valence-electron chi connectivity index (χ3n) is 5.42. The molecule has 24 heavy (non-hydrogen) atoms. The Balaban J connectivity index is 3.55. The van der Waals surface area contributed by atoms with E-state index in [1.54, 1.807) is 0 Å². The molecule has 0 aromatic heterocycles. The van der Waals surface area contributed by atoms with Crippen LogP contribution in [0.2, 0.25) is 0 Å². The zero-order chi connectivity index (χ0) is 18.1. The number of unbranched alkanes of at least 4 members (excludes halogenated alkanes) is 13. The van der Waals surface area contributed by atoms with Crippen molar-refractivity contribution in [3.05, 3.63) is 5.21 Å². The Hall–Kier alpha value is -0.0800. The van der Waals surface area contributed by atoms with Crippen LogP contribution in [-0.4, -0.2) is 12.1 Å². The smallest absolute Gasteiger partial charge is 0.0917 e. The van der Waals surface area contributed by atoms with Crippen LogP contribution in [0.25, 0.3) is 0 Å². The van der Waals surface area contributed by atoms with Gasteiger partial charge in [0.2, 0.25) is 0 Å². The van der Waals surface area contributed by atoms with E-state index < -0.39 is 0 Å². The molecule has 2 nitrogen and oxygen atoms in total. The van der Waals surface area contributed by atoms with E-state index in [1.165, 1.54) is 89.9 Å². The van der Waals surface area contributed by atoms with Crippen molar-refractivity contribution in [3.63, 3.8) is 0 Å². The molecule has 0 saturated heterocycles. The van der Waals surface area contributed by atoms with E-state index in [9.17, 15) is 5.21 Å². The Kier molecular flexibility index (Phi) is 16.3. The van der Waals surface area contributed by atoms with Crippen molar-refractivity contribution in [2.45, 2.75) is 136 Å². The van der Waals surface area contributed by atoms with E-state index in [-0.39, 0.29) is 5.54 Å². The summed E-state index contributed by atoms with van der Waals surface area (Å²) in [6.45, 7) is 9.66. The first-order chi connectivity index (χ1) is 11.5. The molecule has 0 heterocycles. The Bertz CT molecular complexity index is 252. The monoisotopic (exact) mass is 341 g/mol. The van der Waals surface area contributed by atoms with Crippen LogP contribution in [0.5, 0.6) is 0 Å². The SMILES string of the molecule is CCCCCCCCCC[NH+]([O-])C(C)(C)CCCCCCCCC. The molecule has 146 valence electrons. The highest BCUT2D eigenvalue weighted by atomic mass is 16.5. The van der Waals surface area contributed by atoms with Gasteiger partial charge in [-0.3, -0.25) is 0 Å². The van der Waals surface area contributed by atoms with Gasteiger partial charge in [0.25, 0.3) is 0 Å². The summed E-state index contributed by atoms with van der Waals surface area (Å²) in [6.07, 6.45) is 20.9. The largest absolute Gasteiger partial charge is 0.634 e. The van der Waals surface area contributed by atoms with E-state index >= 15 is 0 Å². The molecule has 0 spiro atoms. The predicted octanol–water partition coefficient (Wildman–Crippen LogP) is 6.43. The van der Waals surface area contributed by atoms with Gasteiger partial charge in [-0.2, -0.15) is 0 Å². The number of rotatable bonds is 18. The van der Waals surface area contributed by atoms with Gasteiger partial charge >= 0.3 is 0 Å². The van der Waals surface area contributed by atoms with Crippen molar-refractivity contribution in [2.75, 3.05) is 6.54 Å². The molecular weight excluding hydrogens is 294 g/mol. The average molecular weight is 342 g/mol. The second-order valence-corrected chi connectivity index (χ2v) is 8.40. The Morgan fingerprint density at radius 3 is 1.42 bits per heavy atom. The van der Waals surface area contributed by atoms with E-state index in [0.29, 0.717) is 5.06 Å². The minimum Gasteiger partial charge on any atom is -0.634 e. The molecule has 0 rings (SSSR count). The van der Waals surface area contributed by atoms with Crippen LogP contribution in [-0.2, 0) is 0 Å². The summed E-state index contributed by atoms with van der Waals surface area (Å²) in [5, 5.41) is 12.9. The predicted molar refractivity (Wildman–Crippen MR) is 108 cm³/mol. The molecule has 0 amide bonds. The lowest BCUT2D eigenvalue weighted by Crippen LogP contribution is -3.15. The van der Waals surface area contributed by atoms with Gasteiger partial charge in [0.15, 0.2) is 0 Å². The lowest BCUT2D eigenvalue weighted by molar-refractivity contribution is -0.901. The van der Waals surface area contributed by atoms with E-state index in [1.807, 2.05) is 0 Å². The van der Waals surface area contributed by atoms with Crippen LogP contribution in [0.3, 0.4) is 0 Å². The van der Waals surface area contributed by atoms with Crippen LogP contribution in [0, 0.1) is 5.21 Å². The summed E-state index contributed by atoms with van der Waals surface area (Å²) in [6, 6.07) is 0. The highest BCUT2D eigenvalue weighted by Gasteiger charge is 2.23. The van der Waals surface area contributed by atoms with Crippen LogP contribution >= 0.6 is 0 Å². The number of hydroxylamine groups is 2. The maximum absolute atomic E-state index is 12.4. The van der Waals surface area contributed by atoms with Gasteiger partial charge in [0.05, 0.1) is 12.1 Å². The Morgan fingerprint density at radius 2 is 0.958 bits per heavy atom. The van der Waals surface area contributed by atoms with Crippen molar-refractivity contribution in [1.82, 2.24) is 0 Å². The van der Waals surface area contributed by atoms with E-state index in [0.717, 1.165) is 19.4 Å². The lowest BCUT2D eigenvalue weighted by atomic mass is 9.95. The molecule has 0 fully saturated rings. The van der Waals surface area contributed by atoms with Gasteiger partial charge in [-0.05, 0) is 33.1 Å². The van der Waals surface area contributed by atoms with Gasteiger partial charge in [0.1, 0.15) is 0 Å². The van der Waals surface area contributed by atoms with Crippen molar-refractivity contribution in [1.29, 1.82) is 0 Å². The first-order valence-corrected chi connectivity index (χ1v) is 11.1. The third kappa shape index (κ3) is 14.3. The fourth-order valence-corrected chi connectivity index (χ4v) is 3.42. The summed E-state index contributed by atoms with van der Waals surface area (Å²) in [5.41, 5.74) is -0.0927. The topological polar surface area (TPSA) is 27.5 Å². The highest BCUT2D eigenvalue weighted by molar-refractivity contribution is 4.67. The van der Waals surface area contributed by atoms with Crippen LogP contribution < -0.4 is 5.06 Å². The standard InChI is InChI=1S/C22H47NO/c1-5-7-9-11-13-15-17-19-21-23(24)22(3,4)20-18-16-14-12-10-8-6-2/h23H,5-21H2,1-4H3. The second-order valence-electron chi connectivity index (χ2n) is 8.40. The van der Waals surface area contributed by atoms with Gasteiger partial charge in [0, 0.05) is 6.42 Å². The molecule has 1 unspecified atom stereocenters. The molecule has 0 aromatic rings. The van der Waals surface area contributed by atoms with E-state index in [2.05, 4.69) is 27.7 Å². The first-order valence-electron chi connectivity index (χ1n) is 11.1. The third-order valence-corrected chi connectivity index (χ3v) is 5.42. The molecule has 0 saturated carbocycles. The fourth-order valence-electron chi connectivity index (χ4n) is 3.42. The molecule has 0 aliphatic carbocycles. The molecule has 0 bridgehead atoms. The maximum atomic E-state index is 12.4. The first kappa shape index (κ1) is 23.9. The summed E-state index contributed by atoms with van der Waals surface area (Å²) in [5.74, 6) is 0. The molecule has 2 heteroatoms. The molecule has 1 N–H and O–H groups in total. The number of hydrogen-bond acceptors (Lipinski definition) is 1. The summed E-state index contributed by atoms with van der Waals surface area (Å²) < 4.78 is 0. The quantitative estimate of drug-likeness (QED) is 0.226. The van der Waals surface area contributed by atoms with E-state index in [4.69, 9.17) is 0 Å². The molecular formula is C22H47NO. The molecule has 0 aliphatic rings. The molecule has 0 aromatic carbocycles. The average Bonchev–Trinajstić information content (AvgIpc) is 2.56.